The van der Waals surface area contributed by atoms with E-state index in [1.807, 2.05) is 6.07 Å². The van der Waals surface area contributed by atoms with Gasteiger partial charge in [0.05, 0.1) is 13.2 Å². The van der Waals surface area contributed by atoms with Gasteiger partial charge in [-0.15, -0.1) is 0 Å². The van der Waals surface area contributed by atoms with Crippen LogP contribution in [0.15, 0.2) is 16.7 Å². The summed E-state index contributed by atoms with van der Waals surface area (Å²) < 4.78 is 11.6. The van der Waals surface area contributed by atoms with Gasteiger partial charge >= 0.3 is 0 Å². The average Bonchev–Trinajstić information content (AvgIpc) is 2.89. The van der Waals surface area contributed by atoms with Crippen molar-refractivity contribution >= 4 is 15.9 Å². The van der Waals surface area contributed by atoms with Gasteiger partial charge in [0, 0.05) is 16.7 Å². The van der Waals surface area contributed by atoms with Gasteiger partial charge in [0.2, 0.25) is 0 Å². The summed E-state index contributed by atoms with van der Waals surface area (Å²) in [6.07, 6.45) is 4.33. The van der Waals surface area contributed by atoms with Gasteiger partial charge in [0.15, 0.2) is 5.75 Å². The van der Waals surface area contributed by atoms with Crippen molar-refractivity contribution in [2.45, 2.75) is 18.9 Å². The molecule has 0 unspecified atom stereocenters. The van der Waals surface area contributed by atoms with E-state index in [9.17, 15) is 0 Å². The molecular formula is C9H10BrNO2. The maximum absolute atomic E-state index is 5.61. The maximum atomic E-state index is 5.61. The molecule has 1 fully saturated rings. The lowest BCUT2D eigenvalue weighted by atomic mass is 10.4. The van der Waals surface area contributed by atoms with E-state index in [2.05, 4.69) is 20.9 Å². The topological polar surface area (TPSA) is 31.4 Å². The van der Waals surface area contributed by atoms with Crippen molar-refractivity contribution in [1.82, 2.24) is 4.98 Å². The van der Waals surface area contributed by atoms with Crippen LogP contribution in [0, 0.1) is 0 Å². The van der Waals surface area contributed by atoms with Crippen LogP contribution >= 0.6 is 15.9 Å². The lowest BCUT2D eigenvalue weighted by molar-refractivity contribution is 0.276. The van der Waals surface area contributed by atoms with Crippen molar-refractivity contribution in [1.29, 1.82) is 0 Å². The van der Waals surface area contributed by atoms with Crippen LogP contribution in [0.4, 0.5) is 0 Å². The van der Waals surface area contributed by atoms with Crippen molar-refractivity contribution in [3.8, 4) is 11.6 Å². The van der Waals surface area contributed by atoms with E-state index in [0.29, 0.717) is 12.0 Å². The van der Waals surface area contributed by atoms with Gasteiger partial charge in [0.25, 0.3) is 5.88 Å². The molecule has 2 rings (SSSR count). The van der Waals surface area contributed by atoms with Gasteiger partial charge in [0.1, 0.15) is 0 Å². The molecule has 1 aromatic rings. The summed E-state index contributed by atoms with van der Waals surface area (Å²) in [5, 5.41) is 0. The molecule has 0 aliphatic heterocycles. The van der Waals surface area contributed by atoms with Gasteiger partial charge < -0.3 is 9.47 Å². The van der Waals surface area contributed by atoms with E-state index in [-0.39, 0.29) is 0 Å². The second kappa shape index (κ2) is 3.54. The molecule has 0 amide bonds. The molecular weight excluding hydrogens is 234 g/mol. The van der Waals surface area contributed by atoms with Crippen molar-refractivity contribution in [2.24, 2.45) is 0 Å². The number of nitrogens with zero attached hydrogens (tertiary/aromatic N) is 1. The van der Waals surface area contributed by atoms with Crippen LogP contribution in [-0.4, -0.2) is 18.2 Å². The minimum Gasteiger partial charge on any atom is -0.485 e. The van der Waals surface area contributed by atoms with E-state index >= 15 is 0 Å². The van der Waals surface area contributed by atoms with Crippen LogP contribution < -0.4 is 9.47 Å². The number of hydrogen-bond acceptors (Lipinski definition) is 3. The highest BCUT2D eigenvalue weighted by atomic mass is 79.9. The lowest BCUT2D eigenvalue weighted by Gasteiger charge is -2.08. The molecule has 0 radical (unpaired) electrons. The predicted octanol–water partition coefficient (Wildman–Crippen LogP) is 2.39. The molecule has 4 heteroatoms. The molecule has 1 aliphatic carbocycles. The molecule has 0 saturated heterocycles. The molecule has 1 heterocycles. The molecule has 0 atom stereocenters. The van der Waals surface area contributed by atoms with Gasteiger partial charge in [-0.2, -0.15) is 0 Å². The quantitative estimate of drug-likeness (QED) is 0.818. The number of ether oxygens (including phenoxy) is 2. The van der Waals surface area contributed by atoms with Crippen LogP contribution in [0.25, 0.3) is 0 Å². The molecule has 0 N–H and O–H groups in total. The third-order valence-electron chi connectivity index (χ3n) is 1.80. The number of rotatable bonds is 3. The molecule has 13 heavy (non-hydrogen) atoms. The molecule has 3 nitrogen and oxygen atoms in total. The first-order valence-corrected chi connectivity index (χ1v) is 4.95. The first kappa shape index (κ1) is 8.81. The minimum absolute atomic E-state index is 0.366. The molecule has 70 valence electrons. The van der Waals surface area contributed by atoms with Gasteiger partial charge in [-0.25, -0.2) is 4.98 Å². The Labute approximate surface area is 85.2 Å². The third kappa shape index (κ3) is 2.12. The molecule has 0 bridgehead atoms. The second-order valence-corrected chi connectivity index (χ2v) is 3.89. The summed E-state index contributed by atoms with van der Waals surface area (Å²) in [5.41, 5.74) is 0. The van der Waals surface area contributed by atoms with Gasteiger partial charge in [-0.1, -0.05) is 0 Å². The summed E-state index contributed by atoms with van der Waals surface area (Å²) in [6.45, 7) is 0. The van der Waals surface area contributed by atoms with Crippen LogP contribution in [0.5, 0.6) is 11.6 Å². The van der Waals surface area contributed by atoms with E-state index in [0.717, 1.165) is 23.1 Å². The summed E-state index contributed by atoms with van der Waals surface area (Å²) in [7, 11) is 1.59. The Hall–Kier alpha value is -0.770. The molecule has 1 saturated carbocycles. The molecule has 0 spiro atoms. The zero-order valence-corrected chi connectivity index (χ0v) is 8.87. The van der Waals surface area contributed by atoms with Crippen molar-refractivity contribution in [3.05, 3.63) is 16.7 Å². The fourth-order valence-corrected chi connectivity index (χ4v) is 1.32. The predicted molar refractivity (Wildman–Crippen MR) is 52.1 cm³/mol. The number of halogens is 1. The van der Waals surface area contributed by atoms with Crippen LogP contribution in [0.3, 0.4) is 0 Å². The largest absolute Gasteiger partial charge is 0.485 e. The smallest absolute Gasteiger partial charge is 0.256 e. The number of aromatic nitrogens is 1. The fourth-order valence-electron chi connectivity index (χ4n) is 1.01. The van der Waals surface area contributed by atoms with E-state index in [1.165, 1.54) is 0 Å². The number of methoxy groups -OCH3 is 1. The lowest BCUT2D eigenvalue weighted by Crippen LogP contribution is -1.99. The fraction of sp³-hybridized carbons (Fsp3) is 0.444. The standard InChI is InChI=1S/C9H10BrNO2/c1-12-9-8(13-7-2-3-7)4-6(10)5-11-9/h4-5,7H,2-3H2,1H3. The van der Waals surface area contributed by atoms with Crippen molar-refractivity contribution in [3.63, 3.8) is 0 Å². The zero-order chi connectivity index (χ0) is 9.26. The Morgan fingerprint density at radius 3 is 2.92 bits per heavy atom. The first-order chi connectivity index (χ1) is 6.29. The molecule has 1 aliphatic rings. The van der Waals surface area contributed by atoms with Crippen molar-refractivity contribution in [2.75, 3.05) is 7.11 Å². The first-order valence-electron chi connectivity index (χ1n) is 4.16. The summed E-state index contributed by atoms with van der Waals surface area (Å²) in [6, 6.07) is 1.88. The van der Waals surface area contributed by atoms with E-state index < -0.39 is 0 Å². The van der Waals surface area contributed by atoms with E-state index in [4.69, 9.17) is 9.47 Å². The third-order valence-corrected chi connectivity index (χ3v) is 2.23. The monoisotopic (exact) mass is 243 g/mol. The Morgan fingerprint density at radius 2 is 2.31 bits per heavy atom. The highest BCUT2D eigenvalue weighted by Gasteiger charge is 2.25. The Balaban J connectivity index is 2.22. The van der Waals surface area contributed by atoms with Crippen LogP contribution in [-0.2, 0) is 0 Å². The highest BCUT2D eigenvalue weighted by molar-refractivity contribution is 9.10. The van der Waals surface area contributed by atoms with E-state index in [1.54, 1.807) is 13.3 Å². The average molecular weight is 244 g/mol. The van der Waals surface area contributed by atoms with Gasteiger partial charge in [-0.3, -0.25) is 0 Å². The Morgan fingerprint density at radius 1 is 1.54 bits per heavy atom. The number of pyridine rings is 1. The summed E-state index contributed by atoms with van der Waals surface area (Å²) in [4.78, 5) is 4.08. The van der Waals surface area contributed by atoms with Crippen LogP contribution in [0.2, 0.25) is 0 Å². The molecule has 0 aromatic carbocycles. The summed E-state index contributed by atoms with van der Waals surface area (Å²) >= 11 is 3.34. The molecule has 1 aromatic heterocycles. The normalized spacial score (nSPS) is 15.5. The Bertz CT molecular complexity index is 312. The van der Waals surface area contributed by atoms with Gasteiger partial charge in [-0.05, 0) is 28.8 Å². The summed E-state index contributed by atoms with van der Waals surface area (Å²) in [5.74, 6) is 1.27. The number of hydrogen-bond donors (Lipinski definition) is 0. The second-order valence-electron chi connectivity index (χ2n) is 2.98. The maximum Gasteiger partial charge on any atom is 0.256 e. The zero-order valence-electron chi connectivity index (χ0n) is 7.29. The van der Waals surface area contributed by atoms with Crippen LogP contribution in [0.1, 0.15) is 12.8 Å². The Kier molecular flexibility index (Phi) is 2.40. The SMILES string of the molecule is COc1ncc(Br)cc1OC1CC1. The highest BCUT2D eigenvalue weighted by Crippen LogP contribution is 2.33. The minimum atomic E-state index is 0.366. The van der Waals surface area contributed by atoms with Crippen molar-refractivity contribution < 1.29 is 9.47 Å².